The van der Waals surface area contributed by atoms with Gasteiger partial charge in [-0.1, -0.05) is 75.2 Å². The first-order valence-corrected chi connectivity index (χ1v) is 8.62. The smallest absolute Gasteiger partial charge is 0.134 e. The van der Waals surface area contributed by atoms with Crippen LogP contribution in [0.1, 0.15) is 40.2 Å². The summed E-state index contributed by atoms with van der Waals surface area (Å²) in [6.07, 6.45) is 0.380. The van der Waals surface area contributed by atoms with Gasteiger partial charge in [0.05, 0.1) is 15.7 Å². The molecular weight excluding hydrogens is 329 g/mol. The van der Waals surface area contributed by atoms with E-state index in [0.717, 1.165) is 11.3 Å². The SMILES string of the molecule is CC.CC.CC(=O)Cc1ccccc1Nc1c(Cl)cccc1Cl. The van der Waals surface area contributed by atoms with Gasteiger partial charge in [0.1, 0.15) is 5.78 Å². The third kappa shape index (κ3) is 7.06. The van der Waals surface area contributed by atoms with Crippen LogP contribution in [0.3, 0.4) is 0 Å². The second kappa shape index (κ2) is 12.0. The van der Waals surface area contributed by atoms with Gasteiger partial charge < -0.3 is 5.32 Å². The number of carbonyl (C=O) groups is 1. The number of benzene rings is 2. The van der Waals surface area contributed by atoms with Crippen LogP contribution in [0.15, 0.2) is 42.5 Å². The van der Waals surface area contributed by atoms with Gasteiger partial charge in [0, 0.05) is 12.1 Å². The van der Waals surface area contributed by atoms with Crippen molar-refractivity contribution in [2.75, 3.05) is 5.32 Å². The molecule has 0 bridgehead atoms. The Kier molecular flexibility index (Phi) is 11.2. The maximum atomic E-state index is 11.3. The summed E-state index contributed by atoms with van der Waals surface area (Å²) in [5.74, 6) is 0.111. The molecule has 0 radical (unpaired) electrons. The van der Waals surface area contributed by atoms with E-state index in [0.29, 0.717) is 22.2 Å². The zero-order chi connectivity index (χ0) is 17.8. The minimum Gasteiger partial charge on any atom is -0.353 e. The average molecular weight is 354 g/mol. The topological polar surface area (TPSA) is 29.1 Å². The van der Waals surface area contributed by atoms with Crippen molar-refractivity contribution >= 4 is 40.4 Å². The molecule has 0 spiro atoms. The fourth-order valence-corrected chi connectivity index (χ4v) is 2.31. The van der Waals surface area contributed by atoms with E-state index in [1.54, 1.807) is 25.1 Å². The molecule has 0 atom stereocenters. The van der Waals surface area contributed by atoms with Crippen molar-refractivity contribution in [2.24, 2.45) is 0 Å². The molecule has 0 aliphatic rings. The molecule has 0 fully saturated rings. The van der Waals surface area contributed by atoms with Crippen molar-refractivity contribution in [3.05, 3.63) is 58.1 Å². The number of carbonyl (C=O) groups excluding carboxylic acids is 1. The Labute approximate surface area is 149 Å². The molecule has 0 heterocycles. The highest BCUT2D eigenvalue weighted by Crippen LogP contribution is 2.33. The minimum absolute atomic E-state index is 0.111. The van der Waals surface area contributed by atoms with Gasteiger partial charge in [-0.15, -0.1) is 0 Å². The molecule has 4 heteroatoms. The van der Waals surface area contributed by atoms with Crippen LogP contribution in [0, 0.1) is 0 Å². The Hall–Kier alpha value is -1.51. The fraction of sp³-hybridized carbons (Fsp3) is 0.316. The molecule has 2 aromatic rings. The van der Waals surface area contributed by atoms with Gasteiger partial charge in [-0.2, -0.15) is 0 Å². The van der Waals surface area contributed by atoms with E-state index in [-0.39, 0.29) is 5.78 Å². The fourth-order valence-electron chi connectivity index (χ4n) is 1.82. The summed E-state index contributed by atoms with van der Waals surface area (Å²) < 4.78 is 0. The Morgan fingerprint density at radius 2 is 1.43 bits per heavy atom. The van der Waals surface area contributed by atoms with Crippen molar-refractivity contribution in [2.45, 2.75) is 41.0 Å². The molecule has 0 saturated carbocycles. The molecular formula is C19H25Cl2NO. The van der Waals surface area contributed by atoms with Crippen molar-refractivity contribution in [3.8, 4) is 0 Å². The number of hydrogen-bond donors (Lipinski definition) is 1. The van der Waals surface area contributed by atoms with E-state index in [1.807, 2.05) is 52.0 Å². The molecule has 0 amide bonds. The number of para-hydroxylation sites is 2. The van der Waals surface area contributed by atoms with Crippen LogP contribution < -0.4 is 5.32 Å². The van der Waals surface area contributed by atoms with Crippen LogP contribution >= 0.6 is 23.2 Å². The highest BCUT2D eigenvalue weighted by Gasteiger charge is 2.09. The van der Waals surface area contributed by atoms with Crippen LogP contribution in [0.5, 0.6) is 0 Å². The predicted octanol–water partition coefficient (Wildman–Crippen LogP) is 6.92. The lowest BCUT2D eigenvalue weighted by Crippen LogP contribution is -2.01. The number of nitrogens with one attached hydrogen (secondary N) is 1. The average Bonchev–Trinajstić information content (AvgIpc) is 2.56. The van der Waals surface area contributed by atoms with E-state index < -0.39 is 0 Å². The summed E-state index contributed by atoms with van der Waals surface area (Å²) in [5.41, 5.74) is 2.42. The van der Waals surface area contributed by atoms with Crippen molar-refractivity contribution < 1.29 is 4.79 Å². The summed E-state index contributed by atoms with van der Waals surface area (Å²) in [6.45, 7) is 9.57. The van der Waals surface area contributed by atoms with E-state index in [9.17, 15) is 4.79 Å². The van der Waals surface area contributed by atoms with Gasteiger partial charge >= 0.3 is 0 Å². The number of halogens is 2. The van der Waals surface area contributed by atoms with Gasteiger partial charge in [0.25, 0.3) is 0 Å². The monoisotopic (exact) mass is 353 g/mol. The molecule has 0 unspecified atom stereocenters. The van der Waals surface area contributed by atoms with E-state index in [2.05, 4.69) is 5.32 Å². The highest BCUT2D eigenvalue weighted by atomic mass is 35.5. The first-order valence-electron chi connectivity index (χ1n) is 7.86. The van der Waals surface area contributed by atoms with E-state index >= 15 is 0 Å². The van der Waals surface area contributed by atoms with Gasteiger partial charge in [-0.3, -0.25) is 4.79 Å². The quantitative estimate of drug-likeness (QED) is 0.645. The Morgan fingerprint density at radius 1 is 0.913 bits per heavy atom. The van der Waals surface area contributed by atoms with Crippen LogP contribution in [-0.2, 0) is 11.2 Å². The van der Waals surface area contributed by atoms with E-state index in [1.165, 1.54) is 0 Å². The van der Waals surface area contributed by atoms with Crippen molar-refractivity contribution in [1.82, 2.24) is 0 Å². The second-order valence-electron chi connectivity index (χ2n) is 4.26. The normalized spacial score (nSPS) is 9.00. The Bertz CT molecular complexity index is 592. The lowest BCUT2D eigenvalue weighted by atomic mass is 10.1. The third-order valence-corrected chi connectivity index (χ3v) is 3.31. The van der Waals surface area contributed by atoms with Gasteiger partial charge in [-0.05, 0) is 30.7 Å². The van der Waals surface area contributed by atoms with Crippen LogP contribution in [0.4, 0.5) is 11.4 Å². The Balaban J connectivity index is 0.00000112. The number of anilines is 2. The maximum Gasteiger partial charge on any atom is 0.134 e. The number of rotatable bonds is 4. The third-order valence-electron chi connectivity index (χ3n) is 2.68. The van der Waals surface area contributed by atoms with Gasteiger partial charge in [-0.25, -0.2) is 0 Å². The molecule has 126 valence electrons. The zero-order valence-electron chi connectivity index (χ0n) is 14.4. The zero-order valence-corrected chi connectivity index (χ0v) is 15.9. The largest absolute Gasteiger partial charge is 0.353 e. The van der Waals surface area contributed by atoms with Gasteiger partial charge in [0.15, 0.2) is 0 Å². The summed E-state index contributed by atoms with van der Waals surface area (Å²) in [6, 6.07) is 12.9. The van der Waals surface area contributed by atoms with Gasteiger partial charge in [0.2, 0.25) is 0 Å². The van der Waals surface area contributed by atoms with Crippen molar-refractivity contribution in [3.63, 3.8) is 0 Å². The molecule has 0 aliphatic heterocycles. The lowest BCUT2D eigenvalue weighted by Gasteiger charge is -2.13. The molecule has 2 aromatic carbocycles. The van der Waals surface area contributed by atoms with E-state index in [4.69, 9.17) is 23.2 Å². The first-order chi connectivity index (χ1) is 11.1. The highest BCUT2D eigenvalue weighted by molar-refractivity contribution is 6.39. The molecule has 0 aliphatic carbocycles. The lowest BCUT2D eigenvalue weighted by molar-refractivity contribution is -0.116. The summed E-state index contributed by atoms with van der Waals surface area (Å²) >= 11 is 12.2. The summed E-state index contributed by atoms with van der Waals surface area (Å²) in [4.78, 5) is 11.3. The predicted molar refractivity (Wildman–Crippen MR) is 103 cm³/mol. The van der Waals surface area contributed by atoms with Crippen LogP contribution in [0.2, 0.25) is 10.0 Å². The molecule has 23 heavy (non-hydrogen) atoms. The van der Waals surface area contributed by atoms with Crippen LogP contribution in [0.25, 0.3) is 0 Å². The molecule has 2 rings (SSSR count). The minimum atomic E-state index is 0.111. The summed E-state index contributed by atoms with van der Waals surface area (Å²) in [5, 5.41) is 4.29. The standard InChI is InChI=1S/C15H13Cl2NO.2C2H6/c1-10(19)9-11-5-2-3-8-14(11)18-15-12(16)6-4-7-13(15)17;2*1-2/h2-8,18H,9H2,1H3;2*1-2H3. The number of Topliss-reactive ketones (excluding diaryl/α,β-unsaturated/α-hetero) is 1. The Morgan fingerprint density at radius 3 is 1.96 bits per heavy atom. The first kappa shape index (κ1) is 21.5. The molecule has 1 N–H and O–H groups in total. The maximum absolute atomic E-state index is 11.3. The number of hydrogen-bond acceptors (Lipinski definition) is 2. The second-order valence-corrected chi connectivity index (χ2v) is 5.07. The molecule has 2 nitrogen and oxygen atoms in total. The number of ketones is 1. The van der Waals surface area contributed by atoms with Crippen LogP contribution in [-0.4, -0.2) is 5.78 Å². The van der Waals surface area contributed by atoms with Crippen molar-refractivity contribution in [1.29, 1.82) is 0 Å². The molecule has 0 aromatic heterocycles. The molecule has 0 saturated heterocycles. The summed E-state index contributed by atoms with van der Waals surface area (Å²) in [7, 11) is 0.